The Kier molecular flexibility index (Phi) is 6.32. The molecule has 2 rings (SSSR count). The Morgan fingerprint density at radius 3 is 2.61 bits per heavy atom. The topological polar surface area (TPSA) is 49.8 Å². The molecule has 0 aromatic heterocycles. The van der Waals surface area contributed by atoms with Crippen molar-refractivity contribution < 1.29 is 14.6 Å². The Labute approximate surface area is 137 Å². The number of benzene rings is 2. The van der Waals surface area contributed by atoms with E-state index in [0.29, 0.717) is 17.9 Å². The molecular weight excluding hydrogens is 290 g/mol. The highest BCUT2D eigenvalue weighted by molar-refractivity contribution is 5.94. The molecule has 0 spiro atoms. The van der Waals surface area contributed by atoms with Gasteiger partial charge in [0.05, 0.1) is 0 Å². The molecule has 2 aromatic rings. The van der Waals surface area contributed by atoms with Crippen molar-refractivity contribution in [2.45, 2.75) is 19.6 Å². The van der Waals surface area contributed by atoms with Gasteiger partial charge in [-0.2, -0.15) is 0 Å². The summed E-state index contributed by atoms with van der Waals surface area (Å²) in [6.45, 7) is 3.01. The zero-order valence-corrected chi connectivity index (χ0v) is 13.6. The number of nitrogens with zero attached hydrogens (tertiary/aromatic N) is 1. The van der Waals surface area contributed by atoms with Crippen molar-refractivity contribution in [3.05, 3.63) is 65.7 Å². The average molecular weight is 313 g/mol. The number of carbonyl (C=O) groups excluding carboxylic acids is 1. The predicted molar refractivity (Wildman–Crippen MR) is 90.7 cm³/mol. The Morgan fingerprint density at radius 2 is 1.91 bits per heavy atom. The number of carbonyl (C=O) groups is 1. The van der Waals surface area contributed by atoms with Gasteiger partial charge in [-0.15, -0.1) is 0 Å². The lowest BCUT2D eigenvalue weighted by Gasteiger charge is -2.21. The summed E-state index contributed by atoms with van der Waals surface area (Å²) in [5, 5.41) is 10.1. The summed E-state index contributed by atoms with van der Waals surface area (Å²) in [6, 6.07) is 17.1. The van der Waals surface area contributed by atoms with E-state index in [1.165, 1.54) is 12.5 Å². The largest absolute Gasteiger partial charge is 0.491 e. The number of ether oxygens (including phenoxy) is 1. The Hall–Kier alpha value is -2.17. The van der Waals surface area contributed by atoms with Gasteiger partial charge in [-0.25, -0.2) is 0 Å². The number of Topliss-reactive ketones (excluding diaryl/α,β-unsaturated/α-hetero) is 1. The molecule has 0 saturated carbocycles. The molecule has 0 aliphatic carbocycles. The Morgan fingerprint density at radius 1 is 1.17 bits per heavy atom. The molecule has 23 heavy (non-hydrogen) atoms. The van der Waals surface area contributed by atoms with Gasteiger partial charge in [-0.1, -0.05) is 42.5 Å². The van der Waals surface area contributed by atoms with Crippen LogP contribution in [0, 0.1) is 0 Å². The van der Waals surface area contributed by atoms with E-state index in [1.54, 1.807) is 24.3 Å². The highest BCUT2D eigenvalue weighted by Gasteiger charge is 2.10. The van der Waals surface area contributed by atoms with E-state index in [0.717, 1.165) is 6.54 Å². The van der Waals surface area contributed by atoms with Crippen LogP contribution in [0.3, 0.4) is 0 Å². The normalized spacial score (nSPS) is 12.2. The summed E-state index contributed by atoms with van der Waals surface area (Å²) in [5.74, 6) is 0.598. The maximum Gasteiger partial charge on any atom is 0.159 e. The van der Waals surface area contributed by atoms with Crippen molar-refractivity contribution in [2.24, 2.45) is 0 Å². The summed E-state index contributed by atoms with van der Waals surface area (Å²) < 4.78 is 5.58. The van der Waals surface area contributed by atoms with E-state index in [2.05, 4.69) is 17.0 Å². The molecule has 0 saturated heterocycles. The minimum Gasteiger partial charge on any atom is -0.491 e. The van der Waals surface area contributed by atoms with E-state index in [9.17, 15) is 9.90 Å². The molecule has 1 unspecified atom stereocenters. The van der Waals surface area contributed by atoms with Crippen molar-refractivity contribution in [3.63, 3.8) is 0 Å². The quantitative estimate of drug-likeness (QED) is 0.761. The highest BCUT2D eigenvalue weighted by atomic mass is 16.5. The van der Waals surface area contributed by atoms with Crippen LogP contribution < -0.4 is 4.74 Å². The number of hydrogen-bond donors (Lipinski definition) is 1. The fraction of sp³-hybridized carbons (Fsp3) is 0.316. The third-order valence-corrected chi connectivity index (χ3v) is 3.50. The van der Waals surface area contributed by atoms with Crippen molar-refractivity contribution >= 4 is 5.78 Å². The Bertz CT molecular complexity index is 628. The van der Waals surface area contributed by atoms with E-state index in [4.69, 9.17) is 4.74 Å². The zero-order valence-electron chi connectivity index (χ0n) is 13.6. The molecule has 2 aromatic carbocycles. The lowest BCUT2D eigenvalue weighted by molar-refractivity contribution is 0.0743. The van der Waals surface area contributed by atoms with Crippen LogP contribution in [-0.2, 0) is 6.54 Å². The molecular formula is C19H23NO3. The van der Waals surface area contributed by atoms with E-state index in [1.807, 2.05) is 25.2 Å². The standard InChI is InChI=1S/C19H23NO3/c1-15(21)17-9-6-10-19(11-17)23-14-18(22)13-20(2)12-16-7-4-3-5-8-16/h3-11,18,22H,12-14H2,1-2H3. The first-order chi connectivity index (χ1) is 11.0. The first-order valence-electron chi connectivity index (χ1n) is 7.69. The number of hydrogen-bond acceptors (Lipinski definition) is 4. The molecule has 122 valence electrons. The maximum absolute atomic E-state index is 11.3. The van der Waals surface area contributed by atoms with Gasteiger partial charge >= 0.3 is 0 Å². The summed E-state index contributed by atoms with van der Waals surface area (Å²) in [5.41, 5.74) is 1.82. The van der Waals surface area contributed by atoms with E-state index in [-0.39, 0.29) is 12.4 Å². The SMILES string of the molecule is CC(=O)c1cccc(OCC(O)CN(C)Cc2ccccc2)c1. The second-order valence-corrected chi connectivity index (χ2v) is 5.73. The third-order valence-electron chi connectivity index (χ3n) is 3.50. The fourth-order valence-corrected chi connectivity index (χ4v) is 2.37. The number of aliphatic hydroxyl groups excluding tert-OH is 1. The molecule has 0 fully saturated rings. The molecule has 4 nitrogen and oxygen atoms in total. The molecule has 0 aliphatic heterocycles. The van der Waals surface area contributed by atoms with Gasteiger partial charge in [0.15, 0.2) is 5.78 Å². The van der Waals surface area contributed by atoms with Crippen molar-refractivity contribution in [2.75, 3.05) is 20.2 Å². The minimum atomic E-state index is -0.593. The summed E-state index contributed by atoms with van der Waals surface area (Å²) in [7, 11) is 1.96. The minimum absolute atomic E-state index is 0.00130. The average Bonchev–Trinajstić information content (AvgIpc) is 2.54. The van der Waals surface area contributed by atoms with Gasteiger partial charge in [0.25, 0.3) is 0 Å². The number of rotatable bonds is 8. The third kappa shape index (κ3) is 5.85. The smallest absolute Gasteiger partial charge is 0.159 e. The first kappa shape index (κ1) is 17.2. The van der Waals surface area contributed by atoms with Crippen LogP contribution in [-0.4, -0.2) is 42.1 Å². The maximum atomic E-state index is 11.3. The molecule has 0 radical (unpaired) electrons. The summed E-state index contributed by atoms with van der Waals surface area (Å²) >= 11 is 0. The van der Waals surface area contributed by atoms with Crippen LogP contribution in [0.25, 0.3) is 0 Å². The Balaban J connectivity index is 1.79. The van der Waals surface area contributed by atoms with Crippen LogP contribution in [0.5, 0.6) is 5.75 Å². The van der Waals surface area contributed by atoms with Gasteiger partial charge in [0, 0.05) is 18.7 Å². The molecule has 0 aliphatic rings. The van der Waals surface area contributed by atoms with Crippen LogP contribution in [0.1, 0.15) is 22.8 Å². The lowest BCUT2D eigenvalue weighted by atomic mass is 10.1. The van der Waals surface area contributed by atoms with Crippen LogP contribution >= 0.6 is 0 Å². The second-order valence-electron chi connectivity index (χ2n) is 5.73. The summed E-state index contributed by atoms with van der Waals surface area (Å²) in [6.07, 6.45) is -0.593. The monoisotopic (exact) mass is 313 g/mol. The van der Waals surface area contributed by atoms with Gasteiger partial charge in [0.2, 0.25) is 0 Å². The number of ketones is 1. The predicted octanol–water partition coefficient (Wildman–Crippen LogP) is 2.76. The van der Waals surface area contributed by atoms with Crippen LogP contribution in [0.15, 0.2) is 54.6 Å². The molecule has 0 amide bonds. The van der Waals surface area contributed by atoms with E-state index >= 15 is 0 Å². The molecule has 0 heterocycles. The first-order valence-corrected chi connectivity index (χ1v) is 7.69. The van der Waals surface area contributed by atoms with Crippen LogP contribution in [0.4, 0.5) is 0 Å². The molecule has 0 bridgehead atoms. The van der Waals surface area contributed by atoms with Gasteiger partial charge < -0.3 is 9.84 Å². The fourth-order valence-electron chi connectivity index (χ4n) is 2.37. The van der Waals surface area contributed by atoms with Gasteiger partial charge in [0.1, 0.15) is 18.5 Å². The molecule has 1 atom stereocenters. The van der Waals surface area contributed by atoms with Crippen molar-refractivity contribution in [3.8, 4) is 5.75 Å². The summed E-state index contributed by atoms with van der Waals surface area (Å²) in [4.78, 5) is 13.4. The van der Waals surface area contributed by atoms with Crippen molar-refractivity contribution in [1.82, 2.24) is 4.90 Å². The van der Waals surface area contributed by atoms with Gasteiger partial charge in [-0.3, -0.25) is 9.69 Å². The molecule has 4 heteroatoms. The van der Waals surface area contributed by atoms with E-state index < -0.39 is 6.10 Å². The lowest BCUT2D eigenvalue weighted by Crippen LogP contribution is -2.32. The highest BCUT2D eigenvalue weighted by Crippen LogP contribution is 2.14. The van der Waals surface area contributed by atoms with Gasteiger partial charge in [-0.05, 0) is 31.7 Å². The second kappa shape index (κ2) is 8.46. The van der Waals surface area contributed by atoms with Crippen molar-refractivity contribution in [1.29, 1.82) is 0 Å². The zero-order chi connectivity index (χ0) is 16.7. The molecule has 1 N–H and O–H groups in total. The van der Waals surface area contributed by atoms with Crippen LogP contribution in [0.2, 0.25) is 0 Å². The number of likely N-dealkylation sites (N-methyl/N-ethyl adjacent to an activating group) is 1. The number of aliphatic hydroxyl groups is 1.